The molecule has 1 amide bonds. The van der Waals surface area contributed by atoms with Gasteiger partial charge in [0.1, 0.15) is 5.75 Å². The van der Waals surface area contributed by atoms with Gasteiger partial charge in [-0.3, -0.25) is 4.79 Å². The zero-order valence-corrected chi connectivity index (χ0v) is 15.6. The van der Waals surface area contributed by atoms with Gasteiger partial charge in [0.25, 0.3) is 0 Å². The predicted octanol–water partition coefficient (Wildman–Crippen LogP) is 3.42. The summed E-state index contributed by atoms with van der Waals surface area (Å²) in [6.07, 6.45) is 6.14. The molecule has 3 rings (SSSR count). The van der Waals surface area contributed by atoms with Crippen LogP contribution in [0.5, 0.6) is 5.75 Å². The van der Waals surface area contributed by atoms with Gasteiger partial charge < -0.3 is 20.5 Å². The van der Waals surface area contributed by atoms with Crippen molar-refractivity contribution in [2.24, 2.45) is 0 Å². The van der Waals surface area contributed by atoms with Crippen molar-refractivity contribution in [2.75, 3.05) is 25.5 Å². The fourth-order valence-electron chi connectivity index (χ4n) is 3.07. The van der Waals surface area contributed by atoms with E-state index in [9.17, 15) is 14.7 Å². The summed E-state index contributed by atoms with van der Waals surface area (Å²) >= 11 is 0. The average molecular weight is 378 g/mol. The zero-order valence-electron chi connectivity index (χ0n) is 15.6. The van der Waals surface area contributed by atoms with E-state index in [1.165, 1.54) is 17.7 Å². The molecular weight excluding hydrogens is 356 g/mol. The topological polar surface area (TPSA) is 87.7 Å². The Kier molecular flexibility index (Phi) is 6.24. The van der Waals surface area contributed by atoms with E-state index in [1.54, 1.807) is 31.4 Å². The lowest BCUT2D eigenvalue weighted by molar-refractivity contribution is -0.111. The maximum Gasteiger partial charge on any atom is 0.337 e. The van der Waals surface area contributed by atoms with E-state index >= 15 is 0 Å². The lowest BCUT2D eigenvalue weighted by Gasteiger charge is -2.17. The van der Waals surface area contributed by atoms with Crippen LogP contribution < -0.4 is 15.4 Å². The number of carbonyl (C=O) groups excluding carboxylic acids is 1. The number of nitrogens with one attached hydrogen (secondary N) is 2. The van der Waals surface area contributed by atoms with Crippen LogP contribution in [0.25, 0.3) is 11.6 Å². The van der Waals surface area contributed by atoms with Crippen molar-refractivity contribution in [3.05, 3.63) is 71.3 Å². The molecule has 0 atom stereocenters. The molecule has 0 spiro atoms. The largest absolute Gasteiger partial charge is 0.496 e. The first kappa shape index (κ1) is 19.4. The first-order chi connectivity index (χ1) is 13.6. The summed E-state index contributed by atoms with van der Waals surface area (Å²) in [6, 6.07) is 12.1. The molecule has 2 aromatic carbocycles. The lowest BCUT2D eigenvalue weighted by atomic mass is 9.98. The summed E-state index contributed by atoms with van der Waals surface area (Å²) in [5.74, 6) is -0.739. The highest BCUT2D eigenvalue weighted by molar-refractivity contribution is 6.06. The van der Waals surface area contributed by atoms with Gasteiger partial charge in [0.15, 0.2) is 0 Å². The van der Waals surface area contributed by atoms with Gasteiger partial charge in [0.05, 0.1) is 18.4 Å². The van der Waals surface area contributed by atoms with Crippen LogP contribution >= 0.6 is 0 Å². The number of aromatic carboxylic acids is 1. The number of carboxylic acids is 1. The molecule has 6 nitrogen and oxygen atoms in total. The van der Waals surface area contributed by atoms with Gasteiger partial charge in [-0.25, -0.2) is 4.79 Å². The Morgan fingerprint density at radius 1 is 1.21 bits per heavy atom. The first-order valence-corrected chi connectivity index (χ1v) is 8.98. The number of anilines is 1. The van der Waals surface area contributed by atoms with Gasteiger partial charge in [0, 0.05) is 18.2 Å². The minimum atomic E-state index is -1.09. The van der Waals surface area contributed by atoms with Crippen molar-refractivity contribution in [3.8, 4) is 5.75 Å². The van der Waals surface area contributed by atoms with Gasteiger partial charge in [0.2, 0.25) is 5.91 Å². The molecule has 1 aliphatic heterocycles. The summed E-state index contributed by atoms with van der Waals surface area (Å²) in [5.41, 5.74) is 3.42. The van der Waals surface area contributed by atoms with E-state index in [0.717, 1.165) is 36.4 Å². The molecule has 0 fully saturated rings. The van der Waals surface area contributed by atoms with Gasteiger partial charge in [-0.1, -0.05) is 30.3 Å². The number of amides is 1. The zero-order chi connectivity index (χ0) is 19.9. The highest BCUT2D eigenvalue weighted by Crippen LogP contribution is 2.30. The van der Waals surface area contributed by atoms with Crippen molar-refractivity contribution in [1.29, 1.82) is 0 Å². The minimum absolute atomic E-state index is 0.0468. The molecule has 0 aliphatic carbocycles. The van der Waals surface area contributed by atoms with E-state index in [1.807, 2.05) is 18.2 Å². The quantitative estimate of drug-likeness (QED) is 0.671. The van der Waals surface area contributed by atoms with Crippen LogP contribution in [0.2, 0.25) is 0 Å². The number of rotatable bonds is 6. The highest BCUT2D eigenvalue weighted by atomic mass is 16.5. The number of methoxy groups -OCH3 is 1. The van der Waals surface area contributed by atoms with Gasteiger partial charge >= 0.3 is 5.97 Å². The number of hydrogen-bond acceptors (Lipinski definition) is 4. The van der Waals surface area contributed by atoms with Crippen molar-refractivity contribution in [3.63, 3.8) is 0 Å². The van der Waals surface area contributed by atoms with Crippen LogP contribution in [-0.2, 0) is 4.79 Å². The molecule has 28 heavy (non-hydrogen) atoms. The molecule has 0 bridgehead atoms. The third kappa shape index (κ3) is 4.66. The molecule has 1 heterocycles. The van der Waals surface area contributed by atoms with Gasteiger partial charge in [-0.15, -0.1) is 0 Å². The normalized spacial score (nSPS) is 13.8. The Morgan fingerprint density at radius 2 is 2.04 bits per heavy atom. The molecule has 0 unspecified atom stereocenters. The van der Waals surface area contributed by atoms with E-state index in [4.69, 9.17) is 4.74 Å². The smallest absolute Gasteiger partial charge is 0.337 e. The van der Waals surface area contributed by atoms with E-state index in [0.29, 0.717) is 0 Å². The summed E-state index contributed by atoms with van der Waals surface area (Å²) in [4.78, 5) is 23.4. The van der Waals surface area contributed by atoms with E-state index < -0.39 is 11.9 Å². The summed E-state index contributed by atoms with van der Waals surface area (Å²) in [7, 11) is 1.63. The van der Waals surface area contributed by atoms with Crippen LogP contribution in [0.3, 0.4) is 0 Å². The second-order valence-corrected chi connectivity index (χ2v) is 6.32. The Hall–Kier alpha value is -3.38. The van der Waals surface area contributed by atoms with Crippen LogP contribution in [0.4, 0.5) is 5.69 Å². The van der Waals surface area contributed by atoms with Gasteiger partial charge in [-0.2, -0.15) is 0 Å². The average Bonchev–Trinajstić information content (AvgIpc) is 2.73. The van der Waals surface area contributed by atoms with Crippen molar-refractivity contribution < 1.29 is 19.4 Å². The predicted molar refractivity (Wildman–Crippen MR) is 110 cm³/mol. The molecule has 3 N–H and O–H groups in total. The fourth-order valence-corrected chi connectivity index (χ4v) is 3.07. The van der Waals surface area contributed by atoms with Crippen LogP contribution in [-0.4, -0.2) is 37.2 Å². The Balaban J connectivity index is 1.74. The number of carboxylic acid groups (broad SMARTS) is 1. The first-order valence-electron chi connectivity index (χ1n) is 8.98. The van der Waals surface area contributed by atoms with Crippen molar-refractivity contribution >= 4 is 29.2 Å². The van der Waals surface area contributed by atoms with Gasteiger partial charge in [-0.05, 0) is 48.4 Å². The molecule has 0 saturated heterocycles. The summed E-state index contributed by atoms with van der Waals surface area (Å²) in [5, 5.41) is 15.1. The van der Waals surface area contributed by atoms with Crippen molar-refractivity contribution in [2.45, 2.75) is 6.42 Å². The maximum absolute atomic E-state index is 12.2. The monoisotopic (exact) mass is 378 g/mol. The Bertz CT molecular complexity index is 947. The maximum atomic E-state index is 12.2. The summed E-state index contributed by atoms with van der Waals surface area (Å²) < 4.78 is 5.52. The number of carbonyl (C=O) groups is 2. The van der Waals surface area contributed by atoms with E-state index in [2.05, 4.69) is 16.7 Å². The molecule has 2 aromatic rings. The Morgan fingerprint density at radius 3 is 2.75 bits per heavy atom. The van der Waals surface area contributed by atoms with Crippen molar-refractivity contribution in [1.82, 2.24) is 5.32 Å². The highest BCUT2D eigenvalue weighted by Gasteiger charge is 2.12. The van der Waals surface area contributed by atoms with Crippen LogP contribution in [0.1, 0.15) is 27.9 Å². The fraction of sp³-hybridized carbons (Fsp3) is 0.182. The summed E-state index contributed by atoms with van der Waals surface area (Å²) in [6.45, 7) is 1.78. The molecule has 144 valence electrons. The van der Waals surface area contributed by atoms with Crippen LogP contribution in [0.15, 0.2) is 54.6 Å². The number of ether oxygens (including phenoxy) is 1. The SMILES string of the molecule is COc1cc(C=CC(=O)Nc2ccccc2C(=O)O)ccc1C1=CCNCC1. The lowest BCUT2D eigenvalue weighted by Crippen LogP contribution is -2.20. The molecule has 6 heteroatoms. The number of benzene rings is 2. The molecular formula is C22H22N2O4. The molecule has 1 aliphatic rings. The second kappa shape index (κ2) is 9.01. The molecule has 0 saturated carbocycles. The third-order valence-corrected chi connectivity index (χ3v) is 4.48. The third-order valence-electron chi connectivity index (χ3n) is 4.48. The minimum Gasteiger partial charge on any atom is -0.496 e. The Labute approximate surface area is 163 Å². The molecule has 0 radical (unpaired) electrons. The number of hydrogen-bond donors (Lipinski definition) is 3. The standard InChI is InChI=1S/C22H22N2O4/c1-28-20-14-15(6-8-17(20)16-10-12-23-13-11-16)7-9-21(25)24-19-5-3-2-4-18(19)22(26)27/h2-10,14,23H,11-13H2,1H3,(H,24,25)(H,26,27). The number of para-hydroxylation sites is 1. The molecule has 0 aromatic heterocycles. The second-order valence-electron chi connectivity index (χ2n) is 6.32. The van der Waals surface area contributed by atoms with E-state index in [-0.39, 0.29) is 11.3 Å². The van der Waals surface area contributed by atoms with Crippen LogP contribution in [0, 0.1) is 0 Å².